The fraction of sp³-hybridized carbons (Fsp3) is 0.429. The van der Waals surface area contributed by atoms with E-state index in [0.717, 1.165) is 11.5 Å². The first-order valence-corrected chi connectivity index (χ1v) is 6.61. The van der Waals surface area contributed by atoms with Crippen LogP contribution >= 0.6 is 0 Å². The van der Waals surface area contributed by atoms with Crippen molar-refractivity contribution >= 4 is 5.91 Å². The number of rotatable bonds is 5. The molecule has 0 unspecified atom stereocenters. The number of H-pyrrole nitrogens is 1. The van der Waals surface area contributed by atoms with Crippen molar-refractivity contribution in [3.05, 3.63) is 41.6 Å². The molecule has 0 bridgehead atoms. The Hall–Kier alpha value is -2.04. The standard InChI is InChI=1S/C14H17N3O2/c1-9(7-11-3-2-6-19-11)15-14(18)13-8-12(16-17-13)10-4-5-10/h2-3,6,8-10H,4-5,7H2,1H3,(H,15,18)(H,16,17)/t9-/m0/s1. The molecule has 0 spiro atoms. The van der Waals surface area contributed by atoms with Gasteiger partial charge < -0.3 is 9.73 Å². The van der Waals surface area contributed by atoms with E-state index < -0.39 is 0 Å². The van der Waals surface area contributed by atoms with Gasteiger partial charge >= 0.3 is 0 Å². The van der Waals surface area contributed by atoms with E-state index in [9.17, 15) is 4.79 Å². The van der Waals surface area contributed by atoms with Crippen molar-refractivity contribution in [1.29, 1.82) is 0 Å². The van der Waals surface area contributed by atoms with Crippen LogP contribution in [0.3, 0.4) is 0 Å². The molecule has 0 aliphatic heterocycles. The Balaban J connectivity index is 1.57. The summed E-state index contributed by atoms with van der Waals surface area (Å²) in [5.74, 6) is 1.31. The first kappa shape index (κ1) is 12.0. The van der Waals surface area contributed by atoms with E-state index in [0.29, 0.717) is 18.0 Å². The second kappa shape index (κ2) is 4.91. The molecule has 0 saturated heterocycles. The zero-order valence-electron chi connectivity index (χ0n) is 10.8. The average molecular weight is 259 g/mol. The third-order valence-electron chi connectivity index (χ3n) is 3.31. The van der Waals surface area contributed by atoms with Crippen LogP contribution in [-0.4, -0.2) is 22.1 Å². The van der Waals surface area contributed by atoms with Crippen molar-refractivity contribution in [2.75, 3.05) is 0 Å². The second-order valence-electron chi connectivity index (χ2n) is 5.14. The van der Waals surface area contributed by atoms with E-state index in [2.05, 4.69) is 15.5 Å². The summed E-state index contributed by atoms with van der Waals surface area (Å²) in [4.78, 5) is 12.0. The van der Waals surface area contributed by atoms with E-state index in [-0.39, 0.29) is 11.9 Å². The van der Waals surface area contributed by atoms with Gasteiger partial charge in [0.1, 0.15) is 11.5 Å². The molecule has 2 aromatic rings. The number of hydrogen-bond acceptors (Lipinski definition) is 3. The Labute approximate surface area is 111 Å². The molecule has 0 radical (unpaired) electrons. The minimum absolute atomic E-state index is 0.0136. The van der Waals surface area contributed by atoms with Crippen molar-refractivity contribution in [2.45, 2.75) is 38.1 Å². The number of amides is 1. The minimum atomic E-state index is -0.137. The van der Waals surface area contributed by atoms with E-state index in [1.54, 1.807) is 6.26 Å². The van der Waals surface area contributed by atoms with E-state index in [1.165, 1.54) is 12.8 Å². The molecule has 100 valence electrons. The number of hydrogen-bond donors (Lipinski definition) is 2. The SMILES string of the molecule is C[C@@H](Cc1ccco1)NC(=O)c1cc(C2CC2)[nH]n1. The van der Waals surface area contributed by atoms with Gasteiger partial charge in [0.2, 0.25) is 0 Å². The molecular formula is C14H17N3O2. The predicted octanol–water partition coefficient (Wildman–Crippen LogP) is 2.24. The van der Waals surface area contributed by atoms with Crippen LogP contribution in [0.1, 0.15) is 47.6 Å². The number of nitrogens with zero attached hydrogens (tertiary/aromatic N) is 1. The fourth-order valence-electron chi connectivity index (χ4n) is 2.14. The van der Waals surface area contributed by atoms with Crippen LogP contribution in [0.25, 0.3) is 0 Å². The van der Waals surface area contributed by atoms with Crippen molar-refractivity contribution in [1.82, 2.24) is 15.5 Å². The highest BCUT2D eigenvalue weighted by molar-refractivity contribution is 5.92. The molecule has 5 heteroatoms. The number of aromatic amines is 1. The number of carbonyl (C=O) groups excluding carboxylic acids is 1. The monoisotopic (exact) mass is 259 g/mol. The maximum absolute atomic E-state index is 12.0. The second-order valence-corrected chi connectivity index (χ2v) is 5.14. The molecule has 0 aromatic carbocycles. The number of nitrogens with one attached hydrogen (secondary N) is 2. The van der Waals surface area contributed by atoms with Crippen molar-refractivity contribution in [2.24, 2.45) is 0 Å². The van der Waals surface area contributed by atoms with E-state index in [4.69, 9.17) is 4.42 Å². The van der Waals surface area contributed by atoms with Gasteiger partial charge in [0.15, 0.2) is 0 Å². The quantitative estimate of drug-likeness (QED) is 0.865. The van der Waals surface area contributed by atoms with Crippen LogP contribution in [0.5, 0.6) is 0 Å². The summed E-state index contributed by atoms with van der Waals surface area (Å²) in [5, 5.41) is 9.93. The van der Waals surface area contributed by atoms with Gasteiger partial charge in [0.05, 0.1) is 6.26 Å². The summed E-state index contributed by atoms with van der Waals surface area (Å²) < 4.78 is 5.26. The molecule has 19 heavy (non-hydrogen) atoms. The Kier molecular flexibility index (Phi) is 3.11. The molecule has 1 aliphatic carbocycles. The average Bonchev–Trinajstić information content (AvgIpc) is 2.91. The maximum Gasteiger partial charge on any atom is 0.271 e. The van der Waals surface area contributed by atoms with Crippen molar-refractivity contribution < 1.29 is 9.21 Å². The molecule has 2 N–H and O–H groups in total. The van der Waals surface area contributed by atoms with Crippen LogP contribution in [0.15, 0.2) is 28.9 Å². The highest BCUT2D eigenvalue weighted by Gasteiger charge is 2.26. The Morgan fingerprint density at radius 1 is 1.63 bits per heavy atom. The molecule has 2 heterocycles. The van der Waals surface area contributed by atoms with Gasteiger partial charge in [-0.3, -0.25) is 9.89 Å². The lowest BCUT2D eigenvalue weighted by molar-refractivity contribution is 0.0934. The molecular weight excluding hydrogens is 242 g/mol. The summed E-state index contributed by atoms with van der Waals surface area (Å²) in [6.07, 6.45) is 4.70. The molecule has 1 amide bonds. The lowest BCUT2D eigenvalue weighted by atomic mass is 10.2. The first-order valence-electron chi connectivity index (χ1n) is 6.61. The zero-order valence-corrected chi connectivity index (χ0v) is 10.8. The molecule has 1 aliphatic rings. The van der Waals surface area contributed by atoms with Crippen molar-refractivity contribution in [3.63, 3.8) is 0 Å². The summed E-state index contributed by atoms with van der Waals surface area (Å²) in [5.41, 5.74) is 1.54. The highest BCUT2D eigenvalue weighted by Crippen LogP contribution is 2.38. The summed E-state index contributed by atoms with van der Waals surface area (Å²) in [6.45, 7) is 1.95. The lowest BCUT2D eigenvalue weighted by Gasteiger charge is -2.10. The van der Waals surface area contributed by atoms with Crippen molar-refractivity contribution in [3.8, 4) is 0 Å². The van der Waals surface area contributed by atoms with Gasteiger partial charge in [-0.15, -0.1) is 0 Å². The molecule has 1 fully saturated rings. The van der Waals surface area contributed by atoms with Gasteiger partial charge in [0.25, 0.3) is 5.91 Å². The smallest absolute Gasteiger partial charge is 0.271 e. The summed E-state index contributed by atoms with van der Waals surface area (Å²) in [6, 6.07) is 5.62. The van der Waals surface area contributed by atoms with E-state index >= 15 is 0 Å². The van der Waals surface area contributed by atoms with Crippen LogP contribution in [0.4, 0.5) is 0 Å². The van der Waals surface area contributed by atoms with Gasteiger partial charge in [0, 0.05) is 24.1 Å². The third kappa shape index (κ3) is 2.86. The molecule has 1 atom stereocenters. The van der Waals surface area contributed by atoms with Gasteiger partial charge in [-0.05, 0) is 38.0 Å². The van der Waals surface area contributed by atoms with Gasteiger partial charge in [-0.2, -0.15) is 5.10 Å². The third-order valence-corrected chi connectivity index (χ3v) is 3.31. The maximum atomic E-state index is 12.0. The number of aromatic nitrogens is 2. The fourth-order valence-corrected chi connectivity index (χ4v) is 2.14. The largest absolute Gasteiger partial charge is 0.469 e. The Morgan fingerprint density at radius 2 is 2.47 bits per heavy atom. The Morgan fingerprint density at radius 3 is 3.16 bits per heavy atom. The van der Waals surface area contributed by atoms with Gasteiger partial charge in [-0.25, -0.2) is 0 Å². The lowest BCUT2D eigenvalue weighted by Crippen LogP contribution is -2.34. The normalized spacial score (nSPS) is 16.3. The van der Waals surface area contributed by atoms with Crippen LogP contribution in [0.2, 0.25) is 0 Å². The highest BCUT2D eigenvalue weighted by atomic mass is 16.3. The summed E-state index contributed by atoms with van der Waals surface area (Å²) >= 11 is 0. The zero-order chi connectivity index (χ0) is 13.2. The first-order chi connectivity index (χ1) is 9.22. The van der Waals surface area contributed by atoms with Crippen LogP contribution < -0.4 is 5.32 Å². The van der Waals surface area contributed by atoms with E-state index in [1.807, 2.05) is 25.1 Å². The molecule has 1 saturated carbocycles. The predicted molar refractivity (Wildman–Crippen MR) is 69.9 cm³/mol. The molecule has 5 nitrogen and oxygen atoms in total. The topological polar surface area (TPSA) is 70.9 Å². The molecule has 3 rings (SSSR count). The van der Waals surface area contributed by atoms with Crippen LogP contribution in [0, 0.1) is 0 Å². The molecule has 2 aromatic heterocycles. The number of carbonyl (C=O) groups is 1. The van der Waals surface area contributed by atoms with Gasteiger partial charge in [-0.1, -0.05) is 0 Å². The number of furan rings is 1. The Bertz CT molecular complexity index is 555. The van der Waals surface area contributed by atoms with Crippen LogP contribution in [-0.2, 0) is 6.42 Å². The minimum Gasteiger partial charge on any atom is -0.469 e. The summed E-state index contributed by atoms with van der Waals surface area (Å²) in [7, 11) is 0.